The van der Waals surface area contributed by atoms with Crippen LogP contribution in [0.15, 0.2) is 72.1 Å². The molecule has 208 valence electrons. The number of hydrogen-bond acceptors (Lipinski definition) is 5. The summed E-state index contributed by atoms with van der Waals surface area (Å²) in [6, 6.07) is 17.8. The van der Waals surface area contributed by atoms with Crippen LogP contribution in [0.1, 0.15) is 49.7 Å². The minimum absolute atomic E-state index is 0.151. The van der Waals surface area contributed by atoms with Crippen LogP contribution in [-0.2, 0) is 9.59 Å². The third kappa shape index (κ3) is 6.24. The molecule has 3 aliphatic rings. The molecular weight excluding hydrogens is 524 g/mol. The molecule has 2 aromatic carbocycles. The third-order valence-electron chi connectivity index (χ3n) is 8.34. The molecule has 2 aliphatic heterocycles. The van der Waals surface area contributed by atoms with Crippen molar-refractivity contribution in [2.75, 3.05) is 26.2 Å². The minimum Gasteiger partial charge on any atom is -0.512 e. The van der Waals surface area contributed by atoms with Gasteiger partial charge in [-0.3, -0.25) is 9.59 Å². The van der Waals surface area contributed by atoms with Crippen molar-refractivity contribution < 1.29 is 14.7 Å². The number of aliphatic hydroxyl groups excluding tert-OH is 1. The molecule has 2 fully saturated rings. The summed E-state index contributed by atoms with van der Waals surface area (Å²) in [5, 5.41) is 22.1. The summed E-state index contributed by atoms with van der Waals surface area (Å²) in [6.07, 6.45) is 6.50. The number of carbonyl (C=O) groups excluding carboxylic acids is 2. The van der Waals surface area contributed by atoms with Crippen LogP contribution in [-0.4, -0.2) is 64.3 Å². The normalized spacial score (nSPS) is 23.9. The highest BCUT2D eigenvalue weighted by atomic mass is 35.5. The van der Waals surface area contributed by atoms with Gasteiger partial charge in [-0.1, -0.05) is 43.3 Å². The summed E-state index contributed by atoms with van der Waals surface area (Å²) in [5.41, 5.74) is 3.91. The molecule has 5 rings (SSSR count). The number of amides is 2. The number of allylic oxidation sites excluding steroid dienone is 3. The largest absolute Gasteiger partial charge is 0.512 e. The zero-order chi connectivity index (χ0) is 28.2. The number of rotatable bonds is 8. The van der Waals surface area contributed by atoms with E-state index in [0.717, 1.165) is 55.7 Å². The van der Waals surface area contributed by atoms with Crippen molar-refractivity contribution in [2.45, 2.75) is 49.9 Å². The lowest BCUT2D eigenvalue weighted by molar-refractivity contribution is -0.129. The highest BCUT2D eigenvalue weighted by Crippen LogP contribution is 2.29. The quantitative estimate of drug-likeness (QED) is 0.440. The van der Waals surface area contributed by atoms with E-state index in [1.54, 1.807) is 18.2 Å². The zero-order valence-electron chi connectivity index (χ0n) is 22.7. The highest BCUT2D eigenvalue weighted by Gasteiger charge is 2.34. The van der Waals surface area contributed by atoms with Crippen LogP contribution in [0.4, 0.5) is 0 Å². The van der Waals surface area contributed by atoms with Gasteiger partial charge in [0.05, 0.1) is 28.7 Å². The molecule has 0 radical (unpaired) electrons. The number of hydrogen-bond donors (Lipinski definition) is 2. The van der Waals surface area contributed by atoms with E-state index < -0.39 is 11.3 Å². The standard InChI is InChI=1S/C32H35ClN4O3/c1-21-29(33)17-26(18-30(21)38)35-32(40)28(12-15-36-14-11-27(20-36)37-13-3-6-31(37)39)24-9-7-23(8-10-24)25-5-2-4-22(16-25)19-34/h2,4-5,7-10,16-18,21,27-29,38H,3,6,11-15,20H2,1H3,(H,35,40). The number of nitrogens with one attached hydrogen (secondary N) is 1. The summed E-state index contributed by atoms with van der Waals surface area (Å²) >= 11 is 6.38. The van der Waals surface area contributed by atoms with Gasteiger partial charge in [0.25, 0.3) is 0 Å². The fourth-order valence-electron chi connectivity index (χ4n) is 5.89. The molecule has 2 heterocycles. The van der Waals surface area contributed by atoms with E-state index >= 15 is 0 Å². The molecule has 4 unspecified atom stereocenters. The van der Waals surface area contributed by atoms with Crippen molar-refractivity contribution in [2.24, 2.45) is 5.92 Å². The summed E-state index contributed by atoms with van der Waals surface area (Å²) in [7, 11) is 0. The van der Waals surface area contributed by atoms with Gasteiger partial charge in [0.2, 0.25) is 11.8 Å². The lowest BCUT2D eigenvalue weighted by Gasteiger charge is -2.26. The Hall–Kier alpha value is -3.60. The molecule has 0 spiro atoms. The van der Waals surface area contributed by atoms with E-state index in [1.165, 1.54) is 0 Å². The van der Waals surface area contributed by atoms with E-state index in [4.69, 9.17) is 11.6 Å². The number of alkyl halides is 1. The number of nitrogens with zero attached hydrogens (tertiary/aromatic N) is 3. The molecule has 0 bridgehead atoms. The lowest BCUT2D eigenvalue weighted by atomic mass is 9.92. The first-order valence-corrected chi connectivity index (χ1v) is 14.5. The number of carbonyl (C=O) groups is 2. The summed E-state index contributed by atoms with van der Waals surface area (Å²) in [4.78, 5) is 30.3. The second-order valence-corrected chi connectivity index (χ2v) is 11.5. The van der Waals surface area contributed by atoms with Gasteiger partial charge < -0.3 is 20.2 Å². The van der Waals surface area contributed by atoms with Crippen molar-refractivity contribution in [3.05, 3.63) is 83.3 Å². The Morgan fingerprint density at radius 1 is 1.20 bits per heavy atom. The van der Waals surface area contributed by atoms with Crippen molar-refractivity contribution in [3.8, 4) is 17.2 Å². The number of nitriles is 1. The summed E-state index contributed by atoms with van der Waals surface area (Å²) < 4.78 is 0. The first-order valence-electron chi connectivity index (χ1n) is 14.0. The Morgan fingerprint density at radius 3 is 2.70 bits per heavy atom. The van der Waals surface area contributed by atoms with Crippen molar-refractivity contribution in [3.63, 3.8) is 0 Å². The van der Waals surface area contributed by atoms with Crippen molar-refractivity contribution >= 4 is 23.4 Å². The average Bonchev–Trinajstić information content (AvgIpc) is 3.60. The minimum atomic E-state index is -0.420. The van der Waals surface area contributed by atoms with Gasteiger partial charge in [0, 0.05) is 43.7 Å². The fraction of sp³-hybridized carbons (Fsp3) is 0.406. The van der Waals surface area contributed by atoms with Crippen LogP contribution < -0.4 is 5.32 Å². The van der Waals surface area contributed by atoms with Crippen LogP contribution in [0.25, 0.3) is 11.1 Å². The third-order valence-corrected chi connectivity index (χ3v) is 8.84. The molecule has 8 heteroatoms. The molecule has 40 heavy (non-hydrogen) atoms. The summed E-state index contributed by atoms with van der Waals surface area (Å²) in [5.74, 6) is -0.378. The molecular formula is C32H35ClN4O3. The van der Waals surface area contributed by atoms with Crippen LogP contribution in [0, 0.1) is 17.2 Å². The predicted molar refractivity (Wildman–Crippen MR) is 155 cm³/mol. The Kier molecular flexibility index (Phi) is 8.58. The molecule has 4 atom stereocenters. The van der Waals surface area contributed by atoms with E-state index in [0.29, 0.717) is 24.1 Å². The van der Waals surface area contributed by atoms with Crippen molar-refractivity contribution in [1.82, 2.24) is 15.1 Å². The molecule has 0 saturated carbocycles. The SMILES string of the molecule is CC1C(O)=CC(NC(=O)C(CCN2CCC(N3CCCC3=O)C2)c2ccc(-c3cccc(C#N)c3)cc2)=CC1Cl. The van der Waals surface area contributed by atoms with Gasteiger partial charge in [0.15, 0.2) is 0 Å². The second-order valence-electron chi connectivity index (χ2n) is 11.0. The van der Waals surface area contributed by atoms with Gasteiger partial charge in [-0.15, -0.1) is 11.6 Å². The van der Waals surface area contributed by atoms with E-state index in [9.17, 15) is 20.0 Å². The van der Waals surface area contributed by atoms with E-state index in [-0.39, 0.29) is 29.5 Å². The van der Waals surface area contributed by atoms with Crippen LogP contribution in [0.2, 0.25) is 0 Å². The molecule has 0 aromatic heterocycles. The second kappa shape index (κ2) is 12.3. The smallest absolute Gasteiger partial charge is 0.231 e. The van der Waals surface area contributed by atoms with Crippen LogP contribution >= 0.6 is 11.6 Å². The maximum atomic E-state index is 13.7. The first kappa shape index (κ1) is 27.9. The molecule has 2 N–H and O–H groups in total. The zero-order valence-corrected chi connectivity index (χ0v) is 23.5. The van der Waals surface area contributed by atoms with Gasteiger partial charge in [-0.2, -0.15) is 5.26 Å². The van der Waals surface area contributed by atoms with Gasteiger partial charge in [0.1, 0.15) is 0 Å². The fourth-order valence-corrected chi connectivity index (χ4v) is 6.15. The maximum absolute atomic E-state index is 13.7. The van der Waals surface area contributed by atoms with Gasteiger partial charge >= 0.3 is 0 Å². The van der Waals surface area contributed by atoms with Gasteiger partial charge in [-0.05, 0) is 66.8 Å². The van der Waals surface area contributed by atoms with E-state index in [2.05, 4.69) is 16.3 Å². The van der Waals surface area contributed by atoms with Gasteiger partial charge in [-0.25, -0.2) is 0 Å². The molecule has 2 amide bonds. The predicted octanol–water partition coefficient (Wildman–Crippen LogP) is 5.09. The average molecular weight is 559 g/mol. The maximum Gasteiger partial charge on any atom is 0.231 e. The Labute approximate surface area is 240 Å². The number of aliphatic hydroxyl groups is 1. The summed E-state index contributed by atoms with van der Waals surface area (Å²) in [6.45, 7) is 5.17. The molecule has 2 aromatic rings. The lowest BCUT2D eigenvalue weighted by Crippen LogP contribution is -2.38. The molecule has 1 aliphatic carbocycles. The first-order chi connectivity index (χ1) is 19.3. The number of benzene rings is 2. The van der Waals surface area contributed by atoms with E-state index in [1.807, 2.05) is 54.3 Å². The molecule has 7 nitrogen and oxygen atoms in total. The Morgan fingerprint density at radius 2 is 2.00 bits per heavy atom. The highest BCUT2D eigenvalue weighted by molar-refractivity contribution is 6.22. The topological polar surface area (TPSA) is 96.7 Å². The Balaban J connectivity index is 1.32. The Bertz CT molecular complexity index is 1360. The number of halogens is 1. The molecule has 2 saturated heterocycles. The monoisotopic (exact) mass is 558 g/mol. The van der Waals surface area contributed by atoms with Crippen molar-refractivity contribution in [1.29, 1.82) is 5.26 Å². The van der Waals surface area contributed by atoms with Crippen LogP contribution in [0.5, 0.6) is 0 Å². The van der Waals surface area contributed by atoms with Crippen LogP contribution in [0.3, 0.4) is 0 Å². The number of likely N-dealkylation sites (tertiary alicyclic amines) is 2.